The molecule has 0 aliphatic carbocycles. The van der Waals surface area contributed by atoms with Crippen LogP contribution in [0.15, 0.2) is 24.3 Å². The van der Waals surface area contributed by atoms with E-state index in [0.29, 0.717) is 5.75 Å². The lowest BCUT2D eigenvalue weighted by molar-refractivity contribution is -0.145. The smallest absolute Gasteiger partial charge is 0.326 e. The SMILES string of the molecule is Cc1cccc(OCC(=O)NC(C(=O)O)C(C)(C)C)c1. The lowest BCUT2D eigenvalue weighted by Crippen LogP contribution is -2.50. The van der Waals surface area contributed by atoms with E-state index in [4.69, 9.17) is 9.84 Å². The maximum Gasteiger partial charge on any atom is 0.326 e. The van der Waals surface area contributed by atoms with E-state index >= 15 is 0 Å². The highest BCUT2D eigenvalue weighted by molar-refractivity contribution is 5.84. The van der Waals surface area contributed by atoms with Gasteiger partial charge in [0, 0.05) is 0 Å². The first-order chi connectivity index (χ1) is 9.20. The minimum Gasteiger partial charge on any atom is -0.484 e. The molecule has 1 rings (SSSR count). The number of carboxylic acids is 1. The number of benzene rings is 1. The van der Waals surface area contributed by atoms with Crippen LogP contribution in [0.25, 0.3) is 0 Å². The molecule has 0 spiro atoms. The minimum atomic E-state index is -1.05. The van der Waals surface area contributed by atoms with Crippen LogP contribution in [0.1, 0.15) is 26.3 Å². The molecule has 0 bridgehead atoms. The molecule has 1 aromatic carbocycles. The second kappa shape index (κ2) is 6.41. The molecule has 110 valence electrons. The van der Waals surface area contributed by atoms with Gasteiger partial charge in [0.2, 0.25) is 0 Å². The highest BCUT2D eigenvalue weighted by Gasteiger charge is 2.32. The third-order valence-corrected chi connectivity index (χ3v) is 2.78. The Morgan fingerprint density at radius 1 is 1.35 bits per heavy atom. The topological polar surface area (TPSA) is 75.6 Å². The fourth-order valence-corrected chi connectivity index (χ4v) is 1.71. The number of hydrogen-bond acceptors (Lipinski definition) is 3. The van der Waals surface area contributed by atoms with Crippen molar-refractivity contribution < 1.29 is 19.4 Å². The Hall–Kier alpha value is -2.04. The summed E-state index contributed by atoms with van der Waals surface area (Å²) in [6.45, 7) is 6.99. The summed E-state index contributed by atoms with van der Waals surface area (Å²) in [5.74, 6) is -0.918. The highest BCUT2D eigenvalue weighted by Crippen LogP contribution is 2.19. The summed E-state index contributed by atoms with van der Waals surface area (Å²) in [6.07, 6.45) is 0. The van der Waals surface area contributed by atoms with Gasteiger partial charge in [-0.15, -0.1) is 0 Å². The van der Waals surface area contributed by atoms with Gasteiger partial charge in [0.25, 0.3) is 5.91 Å². The molecule has 0 fully saturated rings. The van der Waals surface area contributed by atoms with Gasteiger partial charge in [-0.3, -0.25) is 4.79 Å². The number of amides is 1. The number of carboxylic acid groups (broad SMARTS) is 1. The van der Waals surface area contributed by atoms with Crippen LogP contribution in [-0.2, 0) is 9.59 Å². The van der Waals surface area contributed by atoms with Crippen LogP contribution in [0.2, 0.25) is 0 Å². The minimum absolute atomic E-state index is 0.205. The third kappa shape index (κ3) is 4.91. The molecule has 0 saturated carbocycles. The van der Waals surface area contributed by atoms with Crippen LogP contribution in [0.3, 0.4) is 0 Å². The van der Waals surface area contributed by atoms with E-state index in [0.717, 1.165) is 5.56 Å². The fraction of sp³-hybridized carbons (Fsp3) is 0.467. The summed E-state index contributed by atoms with van der Waals surface area (Å²) < 4.78 is 5.34. The van der Waals surface area contributed by atoms with Gasteiger partial charge in [0.15, 0.2) is 6.61 Å². The molecule has 1 atom stereocenters. The first-order valence-electron chi connectivity index (χ1n) is 6.42. The first-order valence-corrected chi connectivity index (χ1v) is 6.42. The normalized spacial score (nSPS) is 12.6. The summed E-state index contributed by atoms with van der Waals surface area (Å²) in [7, 11) is 0. The van der Waals surface area contributed by atoms with Crippen molar-refractivity contribution in [1.29, 1.82) is 0 Å². The zero-order chi connectivity index (χ0) is 15.3. The largest absolute Gasteiger partial charge is 0.484 e. The van der Waals surface area contributed by atoms with Gasteiger partial charge in [-0.1, -0.05) is 32.9 Å². The molecule has 1 aromatic rings. The number of nitrogens with one attached hydrogen (secondary N) is 1. The molecule has 5 heteroatoms. The molecular weight excluding hydrogens is 258 g/mol. The molecule has 1 amide bonds. The molecule has 1 unspecified atom stereocenters. The molecule has 0 aliphatic rings. The van der Waals surface area contributed by atoms with Crippen molar-refractivity contribution in [1.82, 2.24) is 5.32 Å². The van der Waals surface area contributed by atoms with E-state index in [9.17, 15) is 9.59 Å². The summed E-state index contributed by atoms with van der Waals surface area (Å²) >= 11 is 0. The van der Waals surface area contributed by atoms with E-state index in [-0.39, 0.29) is 6.61 Å². The average molecular weight is 279 g/mol. The van der Waals surface area contributed by atoms with E-state index < -0.39 is 23.3 Å². The highest BCUT2D eigenvalue weighted by atomic mass is 16.5. The number of carbonyl (C=O) groups is 2. The molecular formula is C15H21NO4. The average Bonchev–Trinajstić information content (AvgIpc) is 2.31. The maximum absolute atomic E-state index is 11.8. The lowest BCUT2D eigenvalue weighted by Gasteiger charge is -2.27. The van der Waals surface area contributed by atoms with Gasteiger partial charge in [0.05, 0.1) is 0 Å². The Balaban J connectivity index is 2.57. The van der Waals surface area contributed by atoms with Crippen LogP contribution in [0.4, 0.5) is 0 Å². The molecule has 2 N–H and O–H groups in total. The molecule has 0 aromatic heterocycles. The number of hydrogen-bond donors (Lipinski definition) is 2. The molecule has 0 heterocycles. The van der Waals surface area contributed by atoms with Crippen molar-refractivity contribution in [3.05, 3.63) is 29.8 Å². The Morgan fingerprint density at radius 3 is 2.50 bits per heavy atom. The van der Waals surface area contributed by atoms with Gasteiger partial charge < -0.3 is 15.2 Å². The monoisotopic (exact) mass is 279 g/mol. The van der Waals surface area contributed by atoms with Crippen molar-refractivity contribution in [2.75, 3.05) is 6.61 Å². The Morgan fingerprint density at radius 2 is 2.00 bits per heavy atom. The Kier molecular flexibility index (Phi) is 5.13. The number of aryl methyl sites for hydroxylation is 1. The van der Waals surface area contributed by atoms with Crippen molar-refractivity contribution in [2.45, 2.75) is 33.7 Å². The zero-order valence-electron chi connectivity index (χ0n) is 12.3. The van der Waals surface area contributed by atoms with Gasteiger partial charge in [-0.25, -0.2) is 4.79 Å². The van der Waals surface area contributed by atoms with Crippen LogP contribution in [0.5, 0.6) is 5.75 Å². The molecule has 0 aliphatic heterocycles. The quantitative estimate of drug-likeness (QED) is 0.864. The Labute approximate surface area is 118 Å². The summed E-state index contributed by atoms with van der Waals surface area (Å²) in [4.78, 5) is 22.9. The number of carbonyl (C=O) groups excluding carboxylic acids is 1. The lowest BCUT2D eigenvalue weighted by atomic mass is 9.87. The molecule has 0 saturated heterocycles. The van der Waals surface area contributed by atoms with Gasteiger partial charge >= 0.3 is 5.97 Å². The predicted octanol–water partition coefficient (Wildman–Crippen LogP) is 1.99. The second-order valence-electron chi connectivity index (χ2n) is 5.81. The number of ether oxygens (including phenoxy) is 1. The van der Waals surface area contributed by atoms with Crippen molar-refractivity contribution >= 4 is 11.9 Å². The molecule has 0 radical (unpaired) electrons. The van der Waals surface area contributed by atoms with Gasteiger partial charge in [0.1, 0.15) is 11.8 Å². The predicted molar refractivity (Wildman–Crippen MR) is 75.7 cm³/mol. The van der Waals surface area contributed by atoms with E-state index in [2.05, 4.69) is 5.32 Å². The number of rotatable bonds is 5. The number of aliphatic carboxylic acids is 1. The fourth-order valence-electron chi connectivity index (χ4n) is 1.71. The summed E-state index contributed by atoms with van der Waals surface area (Å²) in [5.41, 5.74) is 0.464. The first kappa shape index (κ1) is 16.0. The molecule has 5 nitrogen and oxygen atoms in total. The maximum atomic E-state index is 11.8. The zero-order valence-corrected chi connectivity index (χ0v) is 12.3. The summed E-state index contributed by atoms with van der Waals surface area (Å²) in [5, 5.41) is 11.6. The van der Waals surface area contributed by atoms with Crippen LogP contribution < -0.4 is 10.1 Å². The standard InChI is InChI=1S/C15H21NO4/c1-10-6-5-7-11(8-10)20-9-12(17)16-13(14(18)19)15(2,3)4/h5-8,13H,9H2,1-4H3,(H,16,17)(H,18,19). The Bertz CT molecular complexity index is 491. The van der Waals surface area contributed by atoms with E-state index in [1.807, 2.05) is 25.1 Å². The van der Waals surface area contributed by atoms with Gasteiger partial charge in [-0.2, -0.15) is 0 Å². The second-order valence-corrected chi connectivity index (χ2v) is 5.81. The van der Waals surface area contributed by atoms with Crippen molar-refractivity contribution in [3.63, 3.8) is 0 Å². The van der Waals surface area contributed by atoms with E-state index in [1.54, 1.807) is 26.8 Å². The van der Waals surface area contributed by atoms with Crippen LogP contribution in [-0.4, -0.2) is 29.6 Å². The summed E-state index contributed by atoms with van der Waals surface area (Å²) in [6, 6.07) is 6.37. The van der Waals surface area contributed by atoms with Crippen LogP contribution in [0, 0.1) is 12.3 Å². The van der Waals surface area contributed by atoms with Gasteiger partial charge in [-0.05, 0) is 30.0 Å². The molecule has 20 heavy (non-hydrogen) atoms. The van der Waals surface area contributed by atoms with Crippen molar-refractivity contribution in [3.8, 4) is 5.75 Å². The van der Waals surface area contributed by atoms with Crippen molar-refractivity contribution in [2.24, 2.45) is 5.41 Å². The third-order valence-electron chi connectivity index (χ3n) is 2.78. The van der Waals surface area contributed by atoms with Crippen LogP contribution >= 0.6 is 0 Å². The van der Waals surface area contributed by atoms with E-state index in [1.165, 1.54) is 0 Å².